The van der Waals surface area contributed by atoms with E-state index in [2.05, 4.69) is 20.4 Å². The average Bonchev–Trinajstić information content (AvgIpc) is 2.44. The van der Waals surface area contributed by atoms with Gasteiger partial charge >= 0.3 is 5.97 Å². The van der Waals surface area contributed by atoms with Crippen LogP contribution < -0.4 is 0 Å². The van der Waals surface area contributed by atoms with Gasteiger partial charge in [0.05, 0.1) is 5.73 Å². The molecular weight excluding hydrogens is 284 g/mol. The van der Waals surface area contributed by atoms with Gasteiger partial charge in [-0.05, 0) is 33.6 Å². The van der Waals surface area contributed by atoms with E-state index in [0.717, 1.165) is 25.7 Å². The fourth-order valence-electron chi connectivity index (χ4n) is 2.27. The van der Waals surface area contributed by atoms with Crippen molar-refractivity contribution >= 4 is 15.5 Å². The summed E-state index contributed by atoms with van der Waals surface area (Å²) in [6, 6.07) is 0. The fraction of sp³-hybridized carbons (Fsp3) is 0.812. The van der Waals surface area contributed by atoms with Gasteiger partial charge in [-0.3, -0.25) is 0 Å². The van der Waals surface area contributed by atoms with Crippen LogP contribution in [0.25, 0.3) is 0 Å². The van der Waals surface area contributed by atoms with Crippen LogP contribution in [0.5, 0.6) is 0 Å². The van der Waals surface area contributed by atoms with E-state index >= 15 is 0 Å². The minimum absolute atomic E-state index is 0.0628. The van der Waals surface area contributed by atoms with Crippen LogP contribution in [0.1, 0.15) is 60.3 Å². The molecule has 0 radical (unpaired) electrons. The van der Waals surface area contributed by atoms with Crippen molar-refractivity contribution in [3.63, 3.8) is 0 Å². The Morgan fingerprint density at radius 2 is 1.76 bits per heavy atom. The lowest BCUT2D eigenvalue weighted by molar-refractivity contribution is -0.180. The van der Waals surface area contributed by atoms with E-state index in [4.69, 9.17) is 14.2 Å². The molecule has 0 aromatic rings. The summed E-state index contributed by atoms with van der Waals surface area (Å²) >= 11 is 0. The molecule has 21 heavy (non-hydrogen) atoms. The van der Waals surface area contributed by atoms with Gasteiger partial charge in [0.15, 0.2) is 0 Å². The quantitative estimate of drug-likeness (QED) is 0.240. The molecule has 0 N–H and O–H groups in total. The Morgan fingerprint density at radius 1 is 1.19 bits per heavy atom. The van der Waals surface area contributed by atoms with Crippen molar-refractivity contribution in [3.8, 4) is 0 Å². The van der Waals surface area contributed by atoms with Gasteiger partial charge in [0, 0.05) is 18.8 Å². The first kappa shape index (κ1) is 20.3. The van der Waals surface area contributed by atoms with Crippen LogP contribution in [0.15, 0.2) is 12.2 Å². The van der Waals surface area contributed by atoms with E-state index < -0.39 is 14.9 Å². The molecule has 4 nitrogen and oxygen atoms in total. The van der Waals surface area contributed by atoms with E-state index in [-0.39, 0.29) is 11.7 Å². The highest BCUT2D eigenvalue weighted by Crippen LogP contribution is 2.21. The number of ether oxygens (including phenoxy) is 3. The van der Waals surface area contributed by atoms with Crippen LogP contribution in [0, 0.1) is 0 Å². The Balaban J connectivity index is 4.93. The highest BCUT2D eigenvalue weighted by Gasteiger charge is 2.34. The Hall–Kier alpha value is -0.653. The molecule has 0 amide bonds. The van der Waals surface area contributed by atoms with E-state index in [1.807, 2.05) is 13.8 Å². The second-order valence-electron chi connectivity index (χ2n) is 5.28. The molecule has 0 rings (SSSR count). The number of carbonyl (C=O) groups excluding carboxylic acids is 1. The van der Waals surface area contributed by atoms with Crippen LogP contribution in [-0.4, -0.2) is 39.8 Å². The van der Waals surface area contributed by atoms with Crippen molar-refractivity contribution < 1.29 is 19.0 Å². The number of hydrogen-bond donors (Lipinski definition) is 0. The summed E-state index contributed by atoms with van der Waals surface area (Å²) in [7, 11) is -0.913. The van der Waals surface area contributed by atoms with Gasteiger partial charge in [0.2, 0.25) is 0 Å². The number of carbonyl (C=O) groups is 1. The van der Waals surface area contributed by atoms with E-state index in [0.29, 0.717) is 18.8 Å². The third-order valence-corrected chi connectivity index (χ3v) is 5.95. The minimum atomic E-state index is -0.913. The highest BCUT2D eigenvalue weighted by atomic mass is 28.2. The maximum atomic E-state index is 11.8. The first-order valence-electron chi connectivity index (χ1n) is 8.09. The van der Waals surface area contributed by atoms with Gasteiger partial charge in [0.25, 0.3) is 0 Å². The Morgan fingerprint density at radius 3 is 2.14 bits per heavy atom. The predicted octanol–water partition coefficient (Wildman–Crippen LogP) is 2.93. The Kier molecular flexibility index (Phi) is 10.6. The standard InChI is InChI=1S/C16H32O4Si/c1-7-11-12-14(20-15(17)13(5)6)21-16(8-2,18-9-3)19-10-4/h14H,5,7-12,21H2,1-4,6H3. The Bertz CT molecular complexity index is 311. The molecule has 0 fully saturated rings. The normalized spacial score (nSPS) is 13.6. The second-order valence-corrected chi connectivity index (χ2v) is 7.68. The lowest BCUT2D eigenvalue weighted by Crippen LogP contribution is -2.48. The summed E-state index contributed by atoms with van der Waals surface area (Å²) in [5.41, 5.74) is -0.148. The lowest BCUT2D eigenvalue weighted by atomic mass is 10.2. The van der Waals surface area contributed by atoms with Gasteiger partial charge < -0.3 is 14.2 Å². The Labute approximate surface area is 132 Å². The summed E-state index contributed by atoms with van der Waals surface area (Å²) < 4.78 is 17.4. The van der Waals surface area contributed by atoms with Gasteiger partial charge in [-0.2, -0.15) is 0 Å². The van der Waals surface area contributed by atoms with E-state index in [1.54, 1.807) is 6.92 Å². The molecule has 0 bridgehead atoms. The summed E-state index contributed by atoms with van der Waals surface area (Å²) in [5.74, 6) is -0.304. The zero-order chi connectivity index (χ0) is 16.3. The van der Waals surface area contributed by atoms with Crippen LogP contribution in [0.3, 0.4) is 0 Å². The fourth-order valence-corrected chi connectivity index (χ4v) is 4.62. The van der Waals surface area contributed by atoms with Gasteiger partial charge in [-0.25, -0.2) is 4.79 Å². The maximum Gasteiger partial charge on any atom is 0.333 e. The summed E-state index contributed by atoms with van der Waals surface area (Å²) in [6.07, 6.45) is 3.79. The molecule has 0 aliphatic rings. The molecule has 5 heteroatoms. The lowest BCUT2D eigenvalue weighted by Gasteiger charge is -2.35. The summed E-state index contributed by atoms with van der Waals surface area (Å²) in [6.45, 7) is 14.7. The van der Waals surface area contributed by atoms with E-state index in [9.17, 15) is 4.79 Å². The number of rotatable bonds is 12. The van der Waals surface area contributed by atoms with Crippen LogP contribution in [0.2, 0.25) is 0 Å². The largest absolute Gasteiger partial charge is 0.463 e. The molecule has 0 aliphatic carbocycles. The van der Waals surface area contributed by atoms with Crippen molar-refractivity contribution in [3.05, 3.63) is 12.2 Å². The molecule has 0 spiro atoms. The first-order chi connectivity index (χ1) is 9.94. The average molecular weight is 317 g/mol. The molecule has 0 saturated carbocycles. The second kappa shape index (κ2) is 11.0. The maximum absolute atomic E-state index is 11.8. The predicted molar refractivity (Wildman–Crippen MR) is 89.0 cm³/mol. The van der Waals surface area contributed by atoms with Crippen LogP contribution >= 0.6 is 0 Å². The zero-order valence-electron chi connectivity index (χ0n) is 14.4. The van der Waals surface area contributed by atoms with Crippen LogP contribution in [-0.2, 0) is 19.0 Å². The van der Waals surface area contributed by atoms with Crippen molar-refractivity contribution in [1.82, 2.24) is 0 Å². The molecule has 0 aliphatic heterocycles. The van der Waals surface area contributed by atoms with Gasteiger partial charge in [-0.1, -0.05) is 33.3 Å². The highest BCUT2D eigenvalue weighted by molar-refractivity contribution is 6.41. The van der Waals surface area contributed by atoms with Crippen molar-refractivity contribution in [1.29, 1.82) is 0 Å². The minimum Gasteiger partial charge on any atom is -0.463 e. The SMILES string of the molecule is C=C(C)C(=O)OC(CCCC)[SiH2]C(CC)(OCC)OCC. The number of hydrogen-bond acceptors (Lipinski definition) is 4. The van der Waals surface area contributed by atoms with Crippen molar-refractivity contribution in [2.45, 2.75) is 71.4 Å². The monoisotopic (exact) mass is 316 g/mol. The van der Waals surface area contributed by atoms with Crippen LogP contribution in [0.4, 0.5) is 0 Å². The smallest absolute Gasteiger partial charge is 0.333 e. The molecule has 1 atom stereocenters. The topological polar surface area (TPSA) is 44.8 Å². The molecular formula is C16H32O4Si. The number of esters is 1. The first-order valence-corrected chi connectivity index (χ1v) is 9.61. The van der Waals surface area contributed by atoms with Crippen molar-refractivity contribution in [2.75, 3.05) is 13.2 Å². The zero-order valence-corrected chi connectivity index (χ0v) is 15.8. The third kappa shape index (κ3) is 7.78. The summed E-state index contributed by atoms with van der Waals surface area (Å²) in [4.78, 5) is 11.8. The molecule has 0 saturated heterocycles. The molecule has 0 aromatic carbocycles. The van der Waals surface area contributed by atoms with Gasteiger partial charge in [0.1, 0.15) is 14.9 Å². The van der Waals surface area contributed by atoms with Gasteiger partial charge in [-0.15, -0.1) is 0 Å². The van der Waals surface area contributed by atoms with E-state index in [1.165, 1.54) is 0 Å². The third-order valence-electron chi connectivity index (χ3n) is 3.39. The molecule has 0 heterocycles. The summed E-state index contributed by atoms with van der Waals surface area (Å²) in [5, 5.41) is 0. The molecule has 124 valence electrons. The molecule has 1 unspecified atom stereocenters. The number of unbranched alkanes of at least 4 members (excludes halogenated alkanes) is 1. The van der Waals surface area contributed by atoms with Crippen molar-refractivity contribution in [2.24, 2.45) is 0 Å². The molecule has 0 aromatic heterocycles.